The van der Waals surface area contributed by atoms with Gasteiger partial charge in [0.25, 0.3) is 0 Å². The van der Waals surface area contributed by atoms with Gasteiger partial charge in [0.1, 0.15) is 0 Å². The van der Waals surface area contributed by atoms with Crippen molar-refractivity contribution in [1.29, 1.82) is 0 Å². The molecule has 2 aliphatic heterocycles. The lowest BCUT2D eigenvalue weighted by molar-refractivity contribution is -0.136. The first-order valence-corrected chi connectivity index (χ1v) is 11.5. The molecular formula is C23H34N6O. The van der Waals surface area contributed by atoms with Crippen LogP contribution in [0.2, 0.25) is 0 Å². The number of aromatic nitrogens is 4. The number of nitrogens with zero attached hydrogens (tertiary/aromatic N) is 6. The molecule has 0 bridgehead atoms. The Morgan fingerprint density at radius 3 is 2.77 bits per heavy atom. The average molecular weight is 411 g/mol. The van der Waals surface area contributed by atoms with Crippen LogP contribution >= 0.6 is 0 Å². The van der Waals surface area contributed by atoms with Gasteiger partial charge in [-0.1, -0.05) is 0 Å². The maximum absolute atomic E-state index is 13.7. The van der Waals surface area contributed by atoms with Crippen molar-refractivity contribution in [3.05, 3.63) is 36.2 Å². The van der Waals surface area contributed by atoms with Crippen molar-refractivity contribution in [1.82, 2.24) is 29.1 Å². The number of rotatable bonds is 7. The van der Waals surface area contributed by atoms with Gasteiger partial charge in [-0.05, 0) is 46.0 Å². The Labute approximate surface area is 179 Å². The summed E-state index contributed by atoms with van der Waals surface area (Å²) in [6, 6.07) is 0.380. The molecule has 162 valence electrons. The number of carbonyl (C=O) groups excluding carboxylic acids is 1. The monoisotopic (exact) mass is 410 g/mol. The third-order valence-electron chi connectivity index (χ3n) is 7.32. The fourth-order valence-corrected chi connectivity index (χ4v) is 5.35. The topological polar surface area (TPSA) is 59.2 Å². The molecule has 30 heavy (non-hydrogen) atoms. The van der Waals surface area contributed by atoms with Crippen LogP contribution in [0, 0.1) is 11.3 Å². The Kier molecular flexibility index (Phi) is 4.96. The van der Waals surface area contributed by atoms with Crippen molar-refractivity contribution in [2.75, 3.05) is 26.2 Å². The predicted octanol–water partition coefficient (Wildman–Crippen LogP) is 2.91. The zero-order valence-corrected chi connectivity index (χ0v) is 18.5. The molecule has 2 atom stereocenters. The van der Waals surface area contributed by atoms with E-state index in [1.807, 2.05) is 17.2 Å². The quantitative estimate of drug-likeness (QED) is 0.704. The van der Waals surface area contributed by atoms with Crippen LogP contribution in [0.25, 0.3) is 0 Å². The maximum Gasteiger partial charge on any atom is 0.230 e. The molecule has 2 aromatic heterocycles. The van der Waals surface area contributed by atoms with E-state index >= 15 is 0 Å². The van der Waals surface area contributed by atoms with E-state index in [9.17, 15) is 4.79 Å². The highest BCUT2D eigenvalue weighted by atomic mass is 16.2. The van der Waals surface area contributed by atoms with E-state index in [0.29, 0.717) is 11.9 Å². The van der Waals surface area contributed by atoms with Gasteiger partial charge in [0.15, 0.2) is 0 Å². The van der Waals surface area contributed by atoms with E-state index in [-0.39, 0.29) is 11.3 Å². The number of imidazole rings is 1. The Morgan fingerprint density at radius 2 is 2.10 bits per heavy atom. The van der Waals surface area contributed by atoms with Crippen LogP contribution in [0.5, 0.6) is 0 Å². The summed E-state index contributed by atoms with van der Waals surface area (Å²) in [4.78, 5) is 23.1. The molecule has 1 amide bonds. The van der Waals surface area contributed by atoms with Gasteiger partial charge in [0.2, 0.25) is 5.91 Å². The number of aryl methyl sites for hydroxylation is 1. The van der Waals surface area contributed by atoms with Crippen LogP contribution in [0.4, 0.5) is 0 Å². The van der Waals surface area contributed by atoms with E-state index in [2.05, 4.69) is 52.6 Å². The van der Waals surface area contributed by atoms with Crippen molar-refractivity contribution < 1.29 is 4.79 Å². The van der Waals surface area contributed by atoms with E-state index in [1.165, 1.54) is 18.4 Å². The largest absolute Gasteiger partial charge is 0.342 e. The van der Waals surface area contributed by atoms with Crippen molar-refractivity contribution in [2.45, 2.75) is 65.1 Å². The molecule has 7 heteroatoms. The number of carbonyl (C=O) groups is 1. The number of hydrogen-bond donors (Lipinski definition) is 0. The van der Waals surface area contributed by atoms with Gasteiger partial charge in [-0.3, -0.25) is 14.4 Å². The minimum Gasteiger partial charge on any atom is -0.342 e. The Bertz CT molecular complexity index is 912. The SMILES string of the molecule is CCn1cc(CN2C[C@@H](c3cn(C(C)C)cn3)[C@@]3(CCN(CC4CC4)C3=O)C2)cn1. The van der Waals surface area contributed by atoms with E-state index < -0.39 is 0 Å². The smallest absolute Gasteiger partial charge is 0.230 e. The van der Waals surface area contributed by atoms with E-state index in [0.717, 1.165) is 57.3 Å². The second-order valence-electron chi connectivity index (χ2n) is 9.87. The first-order chi connectivity index (χ1) is 14.5. The third kappa shape index (κ3) is 3.47. The standard InChI is InChI=1S/C23H34N6O/c1-4-29-12-19(9-25-29)10-26-13-20(21-14-28(16-24-21)17(2)3)23(15-26)7-8-27(22(23)30)11-18-5-6-18/h9,12,14,16-18,20H,4-8,10-11,13,15H2,1-3H3/t20-,23+/m0/s1. The molecule has 3 fully saturated rings. The molecule has 0 unspecified atom stereocenters. The van der Waals surface area contributed by atoms with Crippen molar-refractivity contribution in [3.8, 4) is 0 Å². The van der Waals surface area contributed by atoms with Crippen molar-refractivity contribution in [2.24, 2.45) is 11.3 Å². The summed E-state index contributed by atoms with van der Waals surface area (Å²) in [6.07, 6.45) is 11.7. The van der Waals surface area contributed by atoms with Gasteiger partial charge < -0.3 is 9.47 Å². The molecule has 4 heterocycles. The van der Waals surface area contributed by atoms with Gasteiger partial charge in [0, 0.05) is 69.2 Å². The molecule has 1 aliphatic carbocycles. The average Bonchev–Trinajstić information content (AvgIpc) is 3.09. The summed E-state index contributed by atoms with van der Waals surface area (Å²) < 4.78 is 4.14. The molecule has 2 saturated heterocycles. The molecule has 5 rings (SSSR count). The van der Waals surface area contributed by atoms with Gasteiger partial charge >= 0.3 is 0 Å². The Morgan fingerprint density at radius 1 is 1.27 bits per heavy atom. The molecule has 0 aromatic carbocycles. The van der Waals surface area contributed by atoms with Crippen molar-refractivity contribution >= 4 is 5.91 Å². The van der Waals surface area contributed by atoms with Crippen LogP contribution in [0.3, 0.4) is 0 Å². The highest BCUT2D eigenvalue weighted by molar-refractivity contribution is 5.87. The van der Waals surface area contributed by atoms with Gasteiger partial charge in [0.05, 0.1) is 23.6 Å². The second kappa shape index (κ2) is 7.52. The lowest BCUT2D eigenvalue weighted by Crippen LogP contribution is -2.40. The Balaban J connectivity index is 1.41. The van der Waals surface area contributed by atoms with E-state index in [4.69, 9.17) is 4.98 Å². The number of hydrogen-bond acceptors (Lipinski definition) is 4. The predicted molar refractivity (Wildman–Crippen MR) is 115 cm³/mol. The third-order valence-corrected chi connectivity index (χ3v) is 7.32. The van der Waals surface area contributed by atoms with Gasteiger partial charge in [-0.25, -0.2) is 4.98 Å². The molecule has 0 radical (unpaired) electrons. The van der Waals surface area contributed by atoms with Crippen LogP contribution in [-0.2, 0) is 17.9 Å². The lowest BCUT2D eigenvalue weighted by Gasteiger charge is -2.28. The first kappa shape index (κ1) is 19.8. The minimum atomic E-state index is -0.328. The van der Waals surface area contributed by atoms with Crippen LogP contribution in [-0.4, -0.2) is 61.2 Å². The molecular weight excluding hydrogens is 376 g/mol. The van der Waals surface area contributed by atoms with Crippen molar-refractivity contribution in [3.63, 3.8) is 0 Å². The molecule has 7 nitrogen and oxygen atoms in total. The zero-order valence-electron chi connectivity index (χ0n) is 18.5. The molecule has 1 saturated carbocycles. The minimum absolute atomic E-state index is 0.162. The lowest BCUT2D eigenvalue weighted by atomic mass is 9.75. The highest BCUT2D eigenvalue weighted by Crippen LogP contribution is 2.50. The van der Waals surface area contributed by atoms with Crippen LogP contribution in [0.15, 0.2) is 24.9 Å². The summed E-state index contributed by atoms with van der Waals surface area (Å²) in [7, 11) is 0. The van der Waals surface area contributed by atoms with Crippen LogP contribution in [0.1, 0.15) is 63.3 Å². The Hall–Kier alpha value is -2.15. The summed E-state index contributed by atoms with van der Waals surface area (Å²) in [6.45, 7) is 11.7. The van der Waals surface area contributed by atoms with Gasteiger partial charge in [-0.2, -0.15) is 5.10 Å². The molecule has 3 aliphatic rings. The van der Waals surface area contributed by atoms with Gasteiger partial charge in [-0.15, -0.1) is 0 Å². The summed E-state index contributed by atoms with van der Waals surface area (Å²) in [5.74, 6) is 1.26. The molecule has 0 N–H and O–H groups in total. The van der Waals surface area contributed by atoms with E-state index in [1.54, 1.807) is 0 Å². The zero-order chi connectivity index (χ0) is 20.9. The first-order valence-electron chi connectivity index (χ1n) is 11.5. The highest BCUT2D eigenvalue weighted by Gasteiger charge is 2.58. The van der Waals surface area contributed by atoms with Crippen LogP contribution < -0.4 is 0 Å². The fourth-order valence-electron chi connectivity index (χ4n) is 5.35. The normalized spacial score (nSPS) is 27.3. The summed E-state index contributed by atoms with van der Waals surface area (Å²) in [5.41, 5.74) is 1.98. The summed E-state index contributed by atoms with van der Waals surface area (Å²) >= 11 is 0. The maximum atomic E-state index is 13.7. The number of likely N-dealkylation sites (tertiary alicyclic amines) is 2. The molecule has 2 aromatic rings. The molecule has 1 spiro atoms. The summed E-state index contributed by atoms with van der Waals surface area (Å²) in [5, 5.41) is 4.43. The fraction of sp³-hybridized carbons (Fsp3) is 0.696. The second-order valence-corrected chi connectivity index (χ2v) is 9.87. The number of amides is 1.